The Morgan fingerprint density at radius 3 is 2.62 bits per heavy atom. The van der Waals surface area contributed by atoms with Crippen LogP contribution in [0, 0.1) is 0 Å². The van der Waals surface area contributed by atoms with Gasteiger partial charge in [-0.15, -0.1) is 0 Å². The first-order valence-electron chi connectivity index (χ1n) is 3.20. The van der Waals surface area contributed by atoms with Crippen LogP contribution in [-0.2, 0) is 6.54 Å². The molecule has 1 N–H and O–H groups in total. The molecule has 1 aromatic rings. The number of hydrogen-bond acceptors (Lipinski definition) is 2. The van der Waals surface area contributed by atoms with E-state index in [2.05, 4.69) is 4.98 Å². The van der Waals surface area contributed by atoms with Gasteiger partial charge in [0.25, 0.3) is 0 Å². The van der Waals surface area contributed by atoms with E-state index in [1.807, 2.05) is 0 Å². The predicted octanol–water partition coefficient (Wildman–Crippen LogP) is 1.14. The highest BCUT2D eigenvalue weighted by atomic mass is 19.4. The Labute approximate surface area is 70.6 Å². The molecule has 0 atom stereocenters. The lowest BCUT2D eigenvalue weighted by atomic mass is 10.5. The summed E-state index contributed by atoms with van der Waals surface area (Å²) in [5.74, 6) is -1.35. The summed E-state index contributed by atoms with van der Waals surface area (Å²) in [4.78, 5) is 13.5. The van der Waals surface area contributed by atoms with Crippen LogP contribution in [0.1, 0.15) is 10.5 Å². The largest absolute Gasteiger partial charge is 0.476 e. The number of aromatic nitrogens is 2. The summed E-state index contributed by atoms with van der Waals surface area (Å²) < 4.78 is 35.9. The van der Waals surface area contributed by atoms with Gasteiger partial charge in [0.1, 0.15) is 6.54 Å². The normalized spacial score (nSPS) is 11.6. The summed E-state index contributed by atoms with van der Waals surface area (Å²) in [5.41, 5.74) is -0.399. The maximum atomic E-state index is 11.8. The fourth-order valence-corrected chi connectivity index (χ4v) is 0.764. The number of nitrogens with zero attached hydrogens (tertiary/aromatic N) is 2. The lowest BCUT2D eigenvalue weighted by Crippen LogP contribution is -2.16. The Hall–Kier alpha value is -1.53. The summed E-state index contributed by atoms with van der Waals surface area (Å²) >= 11 is 0. The van der Waals surface area contributed by atoms with E-state index >= 15 is 0 Å². The molecule has 0 aliphatic heterocycles. The molecule has 0 saturated heterocycles. The third-order valence-corrected chi connectivity index (χ3v) is 1.21. The number of rotatable bonds is 2. The van der Waals surface area contributed by atoms with Crippen molar-refractivity contribution in [3.63, 3.8) is 0 Å². The molecule has 0 spiro atoms. The van der Waals surface area contributed by atoms with Gasteiger partial charge >= 0.3 is 12.1 Å². The maximum Gasteiger partial charge on any atom is 0.406 e. The molecule has 13 heavy (non-hydrogen) atoms. The zero-order valence-corrected chi connectivity index (χ0v) is 6.25. The van der Waals surface area contributed by atoms with Gasteiger partial charge in [0.15, 0.2) is 5.69 Å². The van der Waals surface area contributed by atoms with Gasteiger partial charge in [-0.25, -0.2) is 9.78 Å². The van der Waals surface area contributed by atoms with Crippen LogP contribution in [0.2, 0.25) is 0 Å². The Kier molecular flexibility index (Phi) is 2.26. The van der Waals surface area contributed by atoms with Gasteiger partial charge in [-0.3, -0.25) is 0 Å². The van der Waals surface area contributed by atoms with Gasteiger partial charge in [0.05, 0.1) is 6.33 Å². The molecule has 0 aromatic carbocycles. The molecule has 0 radical (unpaired) electrons. The number of carboxylic acids is 1. The number of carbonyl (C=O) groups is 1. The molecule has 0 saturated carbocycles. The van der Waals surface area contributed by atoms with Crippen molar-refractivity contribution in [3.05, 3.63) is 18.2 Å². The summed E-state index contributed by atoms with van der Waals surface area (Å²) in [5, 5.41) is 8.34. The second-order valence-corrected chi connectivity index (χ2v) is 2.35. The molecule has 0 unspecified atom stereocenters. The Morgan fingerprint density at radius 1 is 1.62 bits per heavy atom. The van der Waals surface area contributed by atoms with E-state index in [0.717, 1.165) is 12.5 Å². The average molecular weight is 194 g/mol. The zero-order valence-electron chi connectivity index (χ0n) is 6.25. The van der Waals surface area contributed by atoms with Crippen LogP contribution in [0.25, 0.3) is 0 Å². The second-order valence-electron chi connectivity index (χ2n) is 2.35. The number of hydrogen-bond donors (Lipinski definition) is 1. The summed E-state index contributed by atoms with van der Waals surface area (Å²) in [6.07, 6.45) is -2.71. The van der Waals surface area contributed by atoms with Gasteiger partial charge in [0, 0.05) is 6.20 Å². The topological polar surface area (TPSA) is 55.1 Å². The van der Waals surface area contributed by atoms with Crippen LogP contribution in [0.15, 0.2) is 12.5 Å². The van der Waals surface area contributed by atoms with E-state index < -0.39 is 24.4 Å². The van der Waals surface area contributed by atoms with Crippen LogP contribution >= 0.6 is 0 Å². The van der Waals surface area contributed by atoms with Gasteiger partial charge in [-0.1, -0.05) is 0 Å². The summed E-state index contributed by atoms with van der Waals surface area (Å²) in [6.45, 7) is -1.23. The molecule has 1 rings (SSSR count). The third-order valence-electron chi connectivity index (χ3n) is 1.21. The van der Waals surface area contributed by atoms with Crippen molar-refractivity contribution >= 4 is 5.97 Å². The highest BCUT2D eigenvalue weighted by molar-refractivity contribution is 5.84. The standard InChI is InChI=1S/C6H5F3N2O2/c7-6(8,9)2-11-1-4(5(12)13)10-3-11/h1,3H,2H2,(H,12,13). The van der Waals surface area contributed by atoms with Crippen LogP contribution < -0.4 is 0 Å². The number of imidazole rings is 1. The molecule has 1 heterocycles. The Morgan fingerprint density at radius 2 is 2.23 bits per heavy atom. The quantitative estimate of drug-likeness (QED) is 0.768. The minimum atomic E-state index is -4.36. The van der Waals surface area contributed by atoms with Crippen molar-refractivity contribution in [2.45, 2.75) is 12.7 Å². The predicted molar refractivity (Wildman–Crippen MR) is 35.2 cm³/mol. The lowest BCUT2D eigenvalue weighted by molar-refractivity contribution is -0.140. The molecular weight excluding hydrogens is 189 g/mol. The van der Waals surface area contributed by atoms with Crippen molar-refractivity contribution in [3.8, 4) is 0 Å². The van der Waals surface area contributed by atoms with Crippen molar-refractivity contribution in [2.24, 2.45) is 0 Å². The Bertz CT molecular complexity index is 318. The van der Waals surface area contributed by atoms with Crippen LogP contribution in [0.4, 0.5) is 13.2 Å². The monoisotopic (exact) mass is 194 g/mol. The number of alkyl halides is 3. The van der Waals surface area contributed by atoms with E-state index in [4.69, 9.17) is 5.11 Å². The highest BCUT2D eigenvalue weighted by Crippen LogP contribution is 2.17. The zero-order chi connectivity index (χ0) is 10.1. The lowest BCUT2D eigenvalue weighted by Gasteiger charge is -2.05. The smallest absolute Gasteiger partial charge is 0.406 e. The third kappa shape index (κ3) is 2.77. The van der Waals surface area contributed by atoms with Crippen molar-refractivity contribution in [1.82, 2.24) is 9.55 Å². The number of halogens is 3. The SMILES string of the molecule is O=C(O)c1cn(CC(F)(F)F)cn1. The molecule has 72 valence electrons. The van der Waals surface area contributed by atoms with Crippen LogP contribution in [-0.4, -0.2) is 26.8 Å². The number of aromatic carboxylic acids is 1. The van der Waals surface area contributed by atoms with Gasteiger partial charge < -0.3 is 9.67 Å². The van der Waals surface area contributed by atoms with Crippen molar-refractivity contribution in [2.75, 3.05) is 0 Å². The van der Waals surface area contributed by atoms with Crippen LogP contribution in [0.3, 0.4) is 0 Å². The number of carboxylic acid groups (broad SMARTS) is 1. The minimum absolute atomic E-state index is 0.399. The fourth-order valence-electron chi connectivity index (χ4n) is 0.764. The highest BCUT2D eigenvalue weighted by Gasteiger charge is 2.28. The molecular formula is C6H5F3N2O2. The molecule has 4 nitrogen and oxygen atoms in total. The molecule has 0 aliphatic carbocycles. The first kappa shape index (κ1) is 9.56. The average Bonchev–Trinajstić information content (AvgIpc) is 2.31. The summed E-state index contributed by atoms with van der Waals surface area (Å²) in [6, 6.07) is 0. The molecule has 0 fully saturated rings. The molecule has 0 bridgehead atoms. The Balaban J connectivity index is 2.75. The summed E-state index contributed by atoms with van der Waals surface area (Å²) in [7, 11) is 0. The van der Waals surface area contributed by atoms with E-state index in [9.17, 15) is 18.0 Å². The van der Waals surface area contributed by atoms with Gasteiger partial charge in [-0.2, -0.15) is 13.2 Å². The second kappa shape index (κ2) is 3.08. The first-order valence-corrected chi connectivity index (χ1v) is 3.20. The fraction of sp³-hybridized carbons (Fsp3) is 0.333. The van der Waals surface area contributed by atoms with E-state index in [-0.39, 0.29) is 0 Å². The maximum absolute atomic E-state index is 11.8. The van der Waals surface area contributed by atoms with Gasteiger partial charge in [0.2, 0.25) is 0 Å². The van der Waals surface area contributed by atoms with E-state index in [1.165, 1.54) is 0 Å². The molecule has 1 aromatic heterocycles. The minimum Gasteiger partial charge on any atom is -0.476 e. The first-order chi connectivity index (χ1) is 5.88. The van der Waals surface area contributed by atoms with Crippen molar-refractivity contribution in [1.29, 1.82) is 0 Å². The van der Waals surface area contributed by atoms with Gasteiger partial charge in [-0.05, 0) is 0 Å². The van der Waals surface area contributed by atoms with E-state index in [0.29, 0.717) is 4.57 Å². The molecule has 7 heteroatoms. The molecule has 0 amide bonds. The molecule has 0 aliphatic rings. The van der Waals surface area contributed by atoms with Crippen LogP contribution in [0.5, 0.6) is 0 Å². The van der Waals surface area contributed by atoms with Crippen molar-refractivity contribution < 1.29 is 23.1 Å². The van der Waals surface area contributed by atoms with E-state index in [1.54, 1.807) is 0 Å².